The van der Waals surface area contributed by atoms with Crippen LogP contribution < -0.4 is 0 Å². The third-order valence-corrected chi connectivity index (χ3v) is 5.80. The van der Waals surface area contributed by atoms with Gasteiger partial charge in [-0.15, -0.1) is 11.3 Å². The lowest BCUT2D eigenvalue weighted by atomic mass is 10.1. The number of rotatable bonds is 4. The highest BCUT2D eigenvalue weighted by molar-refractivity contribution is 7.11. The molecule has 7 heteroatoms. The van der Waals surface area contributed by atoms with Gasteiger partial charge in [0.2, 0.25) is 0 Å². The largest absolute Gasteiger partial charge is 0.504 e. The van der Waals surface area contributed by atoms with Gasteiger partial charge in [0.15, 0.2) is 11.6 Å². The summed E-state index contributed by atoms with van der Waals surface area (Å²) in [6.45, 7) is 7.97. The van der Waals surface area contributed by atoms with Crippen molar-refractivity contribution in [2.45, 2.75) is 39.7 Å². The molecule has 130 valence electrons. The predicted octanol–water partition coefficient (Wildman–Crippen LogP) is 4.91. The van der Waals surface area contributed by atoms with Crippen LogP contribution in [0.15, 0.2) is 12.1 Å². The molecule has 1 aromatic heterocycles. The minimum atomic E-state index is -0.914. The molecular formula is C17H20ClFN2O2S. The highest BCUT2D eigenvalue weighted by Gasteiger charge is 2.24. The van der Waals surface area contributed by atoms with E-state index < -0.39 is 11.6 Å². The first-order chi connectivity index (χ1) is 11.1. The van der Waals surface area contributed by atoms with Gasteiger partial charge in [-0.1, -0.05) is 25.4 Å². The summed E-state index contributed by atoms with van der Waals surface area (Å²) in [6.07, 6.45) is 0. The molecule has 0 spiro atoms. The molecule has 0 aliphatic heterocycles. The number of amides is 1. The third-order valence-electron chi connectivity index (χ3n) is 3.89. The van der Waals surface area contributed by atoms with Crippen LogP contribution in [0.2, 0.25) is 5.02 Å². The van der Waals surface area contributed by atoms with Crippen LogP contribution in [-0.4, -0.2) is 27.9 Å². The van der Waals surface area contributed by atoms with Crippen molar-refractivity contribution in [2.24, 2.45) is 0 Å². The second-order valence-electron chi connectivity index (χ2n) is 6.04. The van der Waals surface area contributed by atoms with E-state index in [2.05, 4.69) is 18.8 Å². The number of hydrogen-bond acceptors (Lipinski definition) is 4. The lowest BCUT2D eigenvalue weighted by molar-refractivity contribution is 0.0744. The second kappa shape index (κ2) is 7.07. The maximum Gasteiger partial charge on any atom is 0.254 e. The summed E-state index contributed by atoms with van der Waals surface area (Å²) in [7, 11) is 1.65. The van der Waals surface area contributed by atoms with Gasteiger partial charge in [0, 0.05) is 23.4 Å². The van der Waals surface area contributed by atoms with Gasteiger partial charge in [-0.25, -0.2) is 9.37 Å². The molecule has 2 aromatic rings. The minimum absolute atomic E-state index is 0.0934. The van der Waals surface area contributed by atoms with Crippen LogP contribution in [0.25, 0.3) is 0 Å². The smallest absolute Gasteiger partial charge is 0.254 e. The van der Waals surface area contributed by atoms with Crippen molar-refractivity contribution in [2.75, 3.05) is 7.05 Å². The van der Waals surface area contributed by atoms with E-state index in [9.17, 15) is 14.3 Å². The molecule has 0 radical (unpaired) electrons. The molecule has 1 N–H and O–H groups in total. The Morgan fingerprint density at radius 3 is 2.50 bits per heavy atom. The Kier molecular flexibility index (Phi) is 5.50. The Morgan fingerprint density at radius 1 is 1.38 bits per heavy atom. The molecule has 1 unspecified atom stereocenters. The summed E-state index contributed by atoms with van der Waals surface area (Å²) in [6, 6.07) is 2.05. The topological polar surface area (TPSA) is 53.4 Å². The zero-order valence-electron chi connectivity index (χ0n) is 14.2. The van der Waals surface area contributed by atoms with Gasteiger partial charge in [0.25, 0.3) is 5.91 Å². The maximum atomic E-state index is 13.6. The van der Waals surface area contributed by atoms with Crippen LogP contribution in [0.5, 0.6) is 5.75 Å². The summed E-state index contributed by atoms with van der Waals surface area (Å²) >= 11 is 7.34. The molecule has 0 fully saturated rings. The number of phenols is 1. The van der Waals surface area contributed by atoms with Crippen molar-refractivity contribution in [3.05, 3.63) is 44.1 Å². The molecule has 24 heavy (non-hydrogen) atoms. The average Bonchev–Trinajstić information content (AvgIpc) is 2.92. The Hall–Kier alpha value is -1.66. The molecule has 1 atom stereocenters. The predicted molar refractivity (Wildman–Crippen MR) is 94.5 cm³/mol. The molecule has 0 saturated heterocycles. The number of aromatic hydroxyl groups is 1. The number of aromatic nitrogens is 1. The number of phenolic OH excluding ortho intramolecular Hbond substituents is 1. The summed E-state index contributed by atoms with van der Waals surface area (Å²) < 4.78 is 13.6. The fourth-order valence-electron chi connectivity index (χ4n) is 2.31. The van der Waals surface area contributed by atoms with Crippen LogP contribution in [0, 0.1) is 12.7 Å². The zero-order chi connectivity index (χ0) is 18.2. The van der Waals surface area contributed by atoms with Crippen molar-refractivity contribution in [1.82, 2.24) is 9.88 Å². The van der Waals surface area contributed by atoms with Gasteiger partial charge in [-0.3, -0.25) is 4.79 Å². The molecule has 4 nitrogen and oxygen atoms in total. The normalized spacial score (nSPS) is 12.5. The quantitative estimate of drug-likeness (QED) is 0.832. The number of nitrogens with zero attached hydrogens (tertiary/aromatic N) is 2. The molecule has 0 aliphatic rings. The molecule has 1 amide bonds. The summed E-state index contributed by atoms with van der Waals surface area (Å²) in [5, 5.41) is 10.2. The highest BCUT2D eigenvalue weighted by Crippen LogP contribution is 2.33. The molecule has 0 aliphatic carbocycles. The Labute approximate surface area is 149 Å². The molecule has 1 aromatic carbocycles. The van der Waals surface area contributed by atoms with Crippen LogP contribution in [0.1, 0.15) is 58.7 Å². The first kappa shape index (κ1) is 18.7. The Morgan fingerprint density at radius 2 is 2.00 bits per heavy atom. The monoisotopic (exact) mass is 370 g/mol. The highest BCUT2D eigenvalue weighted by atomic mass is 35.5. The maximum absolute atomic E-state index is 13.6. The third kappa shape index (κ3) is 3.54. The van der Waals surface area contributed by atoms with Crippen LogP contribution >= 0.6 is 22.9 Å². The number of benzene rings is 1. The summed E-state index contributed by atoms with van der Waals surface area (Å²) in [4.78, 5) is 19.7. The first-order valence-corrected chi connectivity index (χ1v) is 8.75. The van der Waals surface area contributed by atoms with E-state index in [-0.39, 0.29) is 22.5 Å². The van der Waals surface area contributed by atoms with Crippen LogP contribution in [0.3, 0.4) is 0 Å². The number of carbonyl (C=O) groups excluding carboxylic acids is 1. The van der Waals surface area contributed by atoms with E-state index in [0.29, 0.717) is 5.92 Å². The van der Waals surface area contributed by atoms with E-state index in [4.69, 9.17) is 11.6 Å². The molecule has 2 rings (SSSR count). The van der Waals surface area contributed by atoms with Crippen molar-refractivity contribution in [3.63, 3.8) is 0 Å². The number of halogens is 2. The van der Waals surface area contributed by atoms with E-state index in [1.54, 1.807) is 18.4 Å². The average molecular weight is 371 g/mol. The van der Waals surface area contributed by atoms with Gasteiger partial charge < -0.3 is 10.0 Å². The number of thiazole rings is 1. The van der Waals surface area contributed by atoms with Crippen molar-refractivity contribution < 1.29 is 14.3 Å². The summed E-state index contributed by atoms with van der Waals surface area (Å²) in [5.41, 5.74) is 0.988. The molecule has 1 heterocycles. The van der Waals surface area contributed by atoms with Gasteiger partial charge >= 0.3 is 0 Å². The van der Waals surface area contributed by atoms with Gasteiger partial charge in [-0.2, -0.15) is 0 Å². The van der Waals surface area contributed by atoms with Crippen LogP contribution in [0.4, 0.5) is 4.39 Å². The minimum Gasteiger partial charge on any atom is -0.504 e. The first-order valence-electron chi connectivity index (χ1n) is 7.55. The lowest BCUT2D eigenvalue weighted by Gasteiger charge is -2.24. The number of hydrogen-bond donors (Lipinski definition) is 1. The second-order valence-corrected chi connectivity index (χ2v) is 7.51. The SMILES string of the molecule is Cc1nc(C(C)C)sc1C(C)N(C)C(=O)c1cc(F)c(O)c(Cl)c1. The van der Waals surface area contributed by atoms with E-state index in [1.807, 2.05) is 13.8 Å². The van der Waals surface area contributed by atoms with Gasteiger partial charge in [-0.05, 0) is 26.0 Å². The van der Waals surface area contributed by atoms with Crippen LogP contribution in [-0.2, 0) is 0 Å². The van der Waals surface area contributed by atoms with Gasteiger partial charge in [0.05, 0.1) is 21.8 Å². The Bertz CT molecular complexity index is 753. The number of carbonyl (C=O) groups is 1. The zero-order valence-corrected chi connectivity index (χ0v) is 15.8. The van der Waals surface area contributed by atoms with E-state index in [0.717, 1.165) is 21.6 Å². The lowest BCUT2D eigenvalue weighted by Crippen LogP contribution is -2.29. The standard InChI is InChI=1S/C17H20ClFN2O2S/c1-8(2)16-20-9(3)15(24-16)10(4)21(5)17(23)11-6-12(18)14(22)13(19)7-11/h6-8,10,22H,1-5H3. The molecular weight excluding hydrogens is 351 g/mol. The van der Waals surface area contributed by atoms with Gasteiger partial charge in [0.1, 0.15) is 0 Å². The fourth-order valence-corrected chi connectivity index (χ4v) is 3.68. The molecule has 0 bridgehead atoms. The summed E-state index contributed by atoms with van der Waals surface area (Å²) in [5.74, 6) is -1.62. The van der Waals surface area contributed by atoms with Crippen molar-refractivity contribution >= 4 is 28.8 Å². The Balaban J connectivity index is 2.30. The molecule has 0 saturated carbocycles. The van der Waals surface area contributed by atoms with E-state index >= 15 is 0 Å². The van der Waals surface area contributed by atoms with Crippen molar-refractivity contribution in [1.29, 1.82) is 0 Å². The van der Waals surface area contributed by atoms with E-state index in [1.165, 1.54) is 11.0 Å². The number of aryl methyl sites for hydroxylation is 1. The fraction of sp³-hybridized carbons (Fsp3) is 0.412. The van der Waals surface area contributed by atoms with Crippen molar-refractivity contribution in [3.8, 4) is 5.75 Å².